The van der Waals surface area contributed by atoms with Gasteiger partial charge in [0.25, 0.3) is 0 Å². The molecule has 2 aliphatic heterocycles. The van der Waals surface area contributed by atoms with Gasteiger partial charge in [-0.3, -0.25) is 9.69 Å². The van der Waals surface area contributed by atoms with Crippen LogP contribution >= 0.6 is 0 Å². The molecular weight excluding hydrogens is 480 g/mol. The van der Waals surface area contributed by atoms with Gasteiger partial charge in [0.1, 0.15) is 11.6 Å². The van der Waals surface area contributed by atoms with Crippen molar-refractivity contribution in [2.75, 3.05) is 19.6 Å². The number of carboxylic acid groups (broad SMARTS) is 1. The van der Waals surface area contributed by atoms with Crippen LogP contribution in [-0.2, 0) is 22.6 Å². The zero-order chi connectivity index (χ0) is 26.3. The molecule has 2 heterocycles. The topological polar surface area (TPSA) is 81.1 Å². The number of phenolic OH excluding ortho intramolecular Hbond substituents is 1. The van der Waals surface area contributed by atoms with Gasteiger partial charge in [-0.25, -0.2) is 9.18 Å². The van der Waals surface area contributed by atoms with E-state index in [0.717, 1.165) is 69.4 Å². The van der Waals surface area contributed by atoms with Crippen LogP contribution in [0.1, 0.15) is 43.2 Å². The number of halogens is 4. The predicted molar refractivity (Wildman–Crippen MR) is 125 cm³/mol. The molecule has 0 saturated carbocycles. The first-order valence-corrected chi connectivity index (χ1v) is 11.8. The number of aliphatic carboxylic acids is 1. The van der Waals surface area contributed by atoms with Crippen LogP contribution in [0.3, 0.4) is 0 Å². The number of hydrogen-bond donors (Lipinski definition) is 2. The molecule has 1 amide bonds. The lowest BCUT2D eigenvalue weighted by Gasteiger charge is -2.38. The van der Waals surface area contributed by atoms with Crippen molar-refractivity contribution in [3.63, 3.8) is 0 Å². The lowest BCUT2D eigenvalue weighted by molar-refractivity contribution is -0.192. The van der Waals surface area contributed by atoms with Gasteiger partial charge in [-0.15, -0.1) is 0 Å². The van der Waals surface area contributed by atoms with Gasteiger partial charge >= 0.3 is 12.1 Å². The minimum Gasteiger partial charge on any atom is -0.508 e. The van der Waals surface area contributed by atoms with Crippen molar-refractivity contribution in [2.24, 2.45) is 0 Å². The second kappa shape index (κ2) is 11.7. The lowest BCUT2D eigenvalue weighted by Crippen LogP contribution is -2.44. The number of rotatable bonds is 4. The van der Waals surface area contributed by atoms with Crippen molar-refractivity contribution >= 4 is 11.9 Å². The molecule has 1 spiro atoms. The summed E-state index contributed by atoms with van der Waals surface area (Å²) in [5.41, 5.74) is 1.99. The molecule has 10 heteroatoms. The Morgan fingerprint density at radius 2 is 1.56 bits per heavy atom. The summed E-state index contributed by atoms with van der Waals surface area (Å²) in [7, 11) is 0. The van der Waals surface area contributed by atoms with Crippen LogP contribution in [-0.4, -0.2) is 63.2 Å². The molecule has 196 valence electrons. The van der Waals surface area contributed by atoms with Crippen molar-refractivity contribution in [1.29, 1.82) is 0 Å². The molecule has 6 nitrogen and oxygen atoms in total. The largest absolute Gasteiger partial charge is 0.508 e. The van der Waals surface area contributed by atoms with Crippen molar-refractivity contribution in [1.82, 2.24) is 9.80 Å². The molecule has 36 heavy (non-hydrogen) atoms. The summed E-state index contributed by atoms with van der Waals surface area (Å²) in [6.45, 7) is 3.35. The number of likely N-dealkylation sites (tertiary alicyclic amines) is 2. The Balaban J connectivity index is 0.000000454. The molecule has 2 aromatic rings. The fraction of sp³-hybridized carbons (Fsp3) is 0.462. The molecule has 1 atom stereocenters. The summed E-state index contributed by atoms with van der Waals surface area (Å²) in [5, 5.41) is 16.8. The number of amides is 1. The second-order valence-corrected chi connectivity index (χ2v) is 9.26. The standard InChI is InChI=1S/C24H29FN2O2.C2HF3O2/c25-21-7-1-6-20(15-21)18-27-13-4-10-24(27)9-3-12-26(14-11-24)23(29)17-19-5-2-8-22(28)16-19;3-2(4,5)1(6)7/h1-2,5-8,15-16,28H,3-4,9-14,17-18H2;(H,6,7). The third-order valence-corrected chi connectivity index (χ3v) is 6.78. The van der Waals surface area contributed by atoms with Crippen LogP contribution in [0.15, 0.2) is 48.5 Å². The zero-order valence-electron chi connectivity index (χ0n) is 19.8. The van der Waals surface area contributed by atoms with Gasteiger partial charge in [0.05, 0.1) is 6.42 Å². The number of carboxylic acids is 1. The number of alkyl halides is 3. The molecule has 4 rings (SSSR count). The lowest BCUT2D eigenvalue weighted by atomic mass is 9.87. The van der Waals surface area contributed by atoms with Crippen LogP contribution < -0.4 is 0 Å². The Morgan fingerprint density at radius 3 is 2.19 bits per heavy atom. The molecule has 0 aromatic heterocycles. The molecule has 2 N–H and O–H groups in total. The summed E-state index contributed by atoms with van der Waals surface area (Å²) < 4.78 is 45.3. The average Bonchev–Trinajstić information content (AvgIpc) is 3.04. The smallest absolute Gasteiger partial charge is 0.490 e. The van der Waals surface area contributed by atoms with Gasteiger partial charge in [0.15, 0.2) is 0 Å². The summed E-state index contributed by atoms with van der Waals surface area (Å²) in [5.74, 6) is -2.61. The minimum atomic E-state index is -5.08. The number of carbonyl (C=O) groups excluding carboxylic acids is 1. The molecular formula is C26H30F4N2O4. The van der Waals surface area contributed by atoms with Gasteiger partial charge in [-0.1, -0.05) is 24.3 Å². The van der Waals surface area contributed by atoms with Gasteiger partial charge in [-0.05, 0) is 74.0 Å². The van der Waals surface area contributed by atoms with Crippen LogP contribution in [0.2, 0.25) is 0 Å². The zero-order valence-corrected chi connectivity index (χ0v) is 19.8. The molecule has 2 saturated heterocycles. The third-order valence-electron chi connectivity index (χ3n) is 6.78. The summed E-state index contributed by atoms with van der Waals surface area (Å²) in [4.78, 5) is 26.2. The number of carbonyl (C=O) groups is 2. The Hall–Kier alpha value is -3.14. The maximum Gasteiger partial charge on any atom is 0.490 e. The highest BCUT2D eigenvalue weighted by Crippen LogP contribution is 2.39. The first-order chi connectivity index (χ1) is 17.0. The van der Waals surface area contributed by atoms with E-state index in [1.807, 2.05) is 17.0 Å². The van der Waals surface area contributed by atoms with E-state index < -0.39 is 12.1 Å². The summed E-state index contributed by atoms with van der Waals surface area (Å²) in [6.07, 6.45) is 0.593. The monoisotopic (exact) mass is 510 g/mol. The molecule has 2 fully saturated rings. The van der Waals surface area contributed by atoms with E-state index in [9.17, 15) is 27.5 Å². The van der Waals surface area contributed by atoms with E-state index in [-0.39, 0.29) is 23.0 Å². The van der Waals surface area contributed by atoms with Crippen LogP contribution in [0, 0.1) is 5.82 Å². The Morgan fingerprint density at radius 1 is 0.917 bits per heavy atom. The van der Waals surface area contributed by atoms with Crippen LogP contribution in [0.4, 0.5) is 17.6 Å². The average molecular weight is 511 g/mol. The van der Waals surface area contributed by atoms with Crippen molar-refractivity contribution in [3.8, 4) is 5.75 Å². The van der Waals surface area contributed by atoms with Crippen molar-refractivity contribution in [3.05, 3.63) is 65.5 Å². The van der Waals surface area contributed by atoms with E-state index in [0.29, 0.717) is 6.42 Å². The van der Waals surface area contributed by atoms with E-state index in [1.54, 1.807) is 30.3 Å². The van der Waals surface area contributed by atoms with Gasteiger partial charge in [0.2, 0.25) is 5.91 Å². The number of aromatic hydroxyl groups is 1. The molecule has 2 aromatic carbocycles. The summed E-state index contributed by atoms with van der Waals surface area (Å²) >= 11 is 0. The SMILES string of the molecule is O=C(Cc1cccc(O)c1)N1CCCC2(CCCN2Cc2cccc(F)c2)CC1.O=C(O)C(F)(F)F. The molecule has 0 aliphatic carbocycles. The second-order valence-electron chi connectivity index (χ2n) is 9.26. The van der Waals surface area contributed by atoms with E-state index in [2.05, 4.69) is 4.90 Å². The Labute approximate surface area is 207 Å². The Bertz CT molecular complexity index is 1060. The quantitative estimate of drug-likeness (QED) is 0.580. The number of nitrogens with zero attached hydrogens (tertiary/aromatic N) is 2. The van der Waals surface area contributed by atoms with Crippen molar-refractivity contribution < 1.29 is 37.4 Å². The normalized spacial score (nSPS) is 20.5. The molecule has 2 aliphatic rings. The fourth-order valence-corrected chi connectivity index (χ4v) is 5.04. The minimum absolute atomic E-state index is 0.117. The first kappa shape index (κ1) is 27.4. The highest BCUT2D eigenvalue weighted by Gasteiger charge is 2.42. The predicted octanol–water partition coefficient (Wildman–Crippen LogP) is 4.75. The van der Waals surface area contributed by atoms with E-state index >= 15 is 0 Å². The molecule has 0 bridgehead atoms. The van der Waals surface area contributed by atoms with Crippen molar-refractivity contribution in [2.45, 2.75) is 56.8 Å². The number of hydrogen-bond acceptors (Lipinski definition) is 4. The van der Waals surface area contributed by atoms with E-state index in [1.165, 1.54) is 6.07 Å². The maximum absolute atomic E-state index is 13.6. The highest BCUT2D eigenvalue weighted by molar-refractivity contribution is 5.79. The van der Waals surface area contributed by atoms with Crippen LogP contribution in [0.5, 0.6) is 5.75 Å². The highest BCUT2D eigenvalue weighted by atomic mass is 19.4. The fourth-order valence-electron chi connectivity index (χ4n) is 5.04. The van der Waals surface area contributed by atoms with Crippen LogP contribution in [0.25, 0.3) is 0 Å². The van der Waals surface area contributed by atoms with Gasteiger partial charge < -0.3 is 15.1 Å². The van der Waals surface area contributed by atoms with Gasteiger partial charge in [0, 0.05) is 25.2 Å². The molecule has 0 radical (unpaired) electrons. The molecule has 1 unspecified atom stereocenters. The number of benzene rings is 2. The van der Waals surface area contributed by atoms with Gasteiger partial charge in [-0.2, -0.15) is 13.2 Å². The first-order valence-electron chi connectivity index (χ1n) is 11.8. The number of phenols is 1. The maximum atomic E-state index is 13.6. The third kappa shape index (κ3) is 7.43. The summed E-state index contributed by atoms with van der Waals surface area (Å²) in [6, 6.07) is 13.8. The Kier molecular flexibility index (Phi) is 8.94. The van der Waals surface area contributed by atoms with E-state index in [4.69, 9.17) is 9.90 Å².